The zero-order valence-electron chi connectivity index (χ0n) is 26.8. The number of carbonyl (C=O) groups is 2. The molecule has 1 unspecified atom stereocenters. The van der Waals surface area contributed by atoms with Crippen molar-refractivity contribution in [3.8, 4) is 5.75 Å². The summed E-state index contributed by atoms with van der Waals surface area (Å²) in [4.78, 5) is 29.3. The number of benzene rings is 2. The van der Waals surface area contributed by atoms with Crippen LogP contribution in [0.15, 0.2) is 53.1 Å². The second kappa shape index (κ2) is 16.4. The SMILES string of the molecule is CC(=O)C(C)(C)Oc1ccc(CCN(Cc2ccc(C(F)(F)F)cc2)c2noc(C(CCCCC(C)C)CCNC=O)n2)cc1. The van der Waals surface area contributed by atoms with Crippen LogP contribution in [0, 0.1) is 5.92 Å². The number of Topliss-reactive ketones (excluding diaryl/α,β-unsaturated/α-hetero) is 1. The van der Waals surface area contributed by atoms with Crippen molar-refractivity contribution < 1.29 is 32.0 Å². The van der Waals surface area contributed by atoms with Crippen LogP contribution in [0.1, 0.15) is 95.2 Å². The number of halogens is 3. The van der Waals surface area contributed by atoms with Crippen LogP contribution in [-0.4, -0.2) is 41.0 Å². The molecule has 1 atom stereocenters. The molecule has 0 aliphatic rings. The Bertz CT molecular complexity index is 1340. The molecule has 3 rings (SSSR count). The third-order valence-corrected chi connectivity index (χ3v) is 7.84. The van der Waals surface area contributed by atoms with Crippen LogP contribution in [0.4, 0.5) is 19.1 Å². The number of hydrogen-bond donors (Lipinski definition) is 1. The number of anilines is 1. The summed E-state index contributed by atoms with van der Waals surface area (Å²) in [6.07, 6.45) is 1.51. The zero-order valence-corrected chi connectivity index (χ0v) is 26.8. The van der Waals surface area contributed by atoms with Crippen LogP contribution in [0.5, 0.6) is 5.75 Å². The second-order valence-electron chi connectivity index (χ2n) is 12.3. The van der Waals surface area contributed by atoms with Gasteiger partial charge in [0.15, 0.2) is 11.4 Å². The number of amides is 1. The molecule has 0 spiro atoms. The van der Waals surface area contributed by atoms with Crippen LogP contribution >= 0.6 is 0 Å². The fourth-order valence-electron chi connectivity index (χ4n) is 4.80. The monoisotopic (exact) mass is 630 g/mol. The average Bonchev–Trinajstić information content (AvgIpc) is 3.47. The van der Waals surface area contributed by atoms with E-state index in [-0.39, 0.29) is 18.2 Å². The van der Waals surface area contributed by atoms with Crippen molar-refractivity contribution in [1.82, 2.24) is 15.5 Å². The van der Waals surface area contributed by atoms with Gasteiger partial charge in [0.05, 0.1) is 5.56 Å². The Kier molecular flexibility index (Phi) is 13.0. The Balaban J connectivity index is 1.79. The molecule has 0 saturated carbocycles. The number of nitrogens with zero attached hydrogens (tertiary/aromatic N) is 3. The van der Waals surface area contributed by atoms with Gasteiger partial charge in [-0.25, -0.2) is 0 Å². The molecule has 246 valence electrons. The fourth-order valence-corrected chi connectivity index (χ4v) is 4.80. The van der Waals surface area contributed by atoms with Gasteiger partial charge in [0.2, 0.25) is 12.3 Å². The molecule has 8 nitrogen and oxygen atoms in total. The average molecular weight is 631 g/mol. The summed E-state index contributed by atoms with van der Waals surface area (Å²) in [5.74, 6) is 1.91. The van der Waals surface area contributed by atoms with Gasteiger partial charge < -0.3 is 19.5 Å². The standard InChI is InChI=1S/C34H45F3N4O4/c1-24(2)8-6-7-9-28(18-20-38-23-42)31-39-32(40-45-31)41(22-27-10-14-29(15-11-27)34(35,36)37)21-19-26-12-16-30(17-13-26)44-33(4,5)25(3)43/h10-17,23-24,28H,6-9,18-22H2,1-5H3,(H,38,42). The molecule has 0 aliphatic carbocycles. The number of ketones is 1. The molecule has 1 amide bonds. The lowest BCUT2D eigenvalue weighted by atomic mass is 9.96. The number of ether oxygens (including phenoxy) is 1. The number of unbranched alkanes of at least 4 members (excludes halogenated alkanes) is 1. The minimum absolute atomic E-state index is 0.0365. The molecular formula is C34H45F3N4O4. The summed E-state index contributed by atoms with van der Waals surface area (Å²) in [6, 6.07) is 12.5. The molecular weight excluding hydrogens is 585 g/mol. The van der Waals surface area contributed by atoms with Gasteiger partial charge in [-0.2, -0.15) is 18.2 Å². The maximum atomic E-state index is 13.2. The first-order valence-electron chi connectivity index (χ1n) is 15.5. The Hall–Kier alpha value is -3.89. The maximum Gasteiger partial charge on any atom is 0.416 e. The molecule has 2 aromatic carbocycles. The van der Waals surface area contributed by atoms with Gasteiger partial charge in [-0.15, -0.1) is 0 Å². The van der Waals surface area contributed by atoms with Gasteiger partial charge in [0.1, 0.15) is 5.75 Å². The van der Waals surface area contributed by atoms with Gasteiger partial charge in [-0.1, -0.05) is 57.4 Å². The summed E-state index contributed by atoms with van der Waals surface area (Å²) in [5, 5.41) is 6.98. The Morgan fingerprint density at radius 3 is 2.24 bits per heavy atom. The molecule has 1 heterocycles. The van der Waals surface area contributed by atoms with E-state index < -0.39 is 17.3 Å². The van der Waals surface area contributed by atoms with E-state index in [2.05, 4.69) is 24.3 Å². The predicted octanol–water partition coefficient (Wildman–Crippen LogP) is 7.52. The van der Waals surface area contributed by atoms with E-state index in [1.807, 2.05) is 29.2 Å². The van der Waals surface area contributed by atoms with E-state index in [4.69, 9.17) is 14.2 Å². The molecule has 1 aromatic heterocycles. The third kappa shape index (κ3) is 11.5. The first kappa shape index (κ1) is 35.6. The Morgan fingerprint density at radius 1 is 1.00 bits per heavy atom. The molecule has 1 N–H and O–H groups in total. The number of nitrogens with one attached hydrogen (secondary N) is 1. The van der Waals surface area contributed by atoms with E-state index in [9.17, 15) is 22.8 Å². The highest BCUT2D eigenvalue weighted by Crippen LogP contribution is 2.30. The van der Waals surface area contributed by atoms with Crippen molar-refractivity contribution in [2.45, 2.75) is 97.4 Å². The van der Waals surface area contributed by atoms with Crippen molar-refractivity contribution in [1.29, 1.82) is 0 Å². The minimum atomic E-state index is -4.42. The lowest BCUT2D eigenvalue weighted by molar-refractivity contribution is -0.137. The van der Waals surface area contributed by atoms with Crippen LogP contribution in [0.2, 0.25) is 0 Å². The lowest BCUT2D eigenvalue weighted by Gasteiger charge is -2.23. The molecule has 3 aromatic rings. The number of aromatic nitrogens is 2. The van der Waals surface area contributed by atoms with Crippen LogP contribution in [0.3, 0.4) is 0 Å². The van der Waals surface area contributed by atoms with Gasteiger partial charge in [0, 0.05) is 25.6 Å². The van der Waals surface area contributed by atoms with Crippen molar-refractivity contribution in [3.63, 3.8) is 0 Å². The number of rotatable bonds is 19. The molecule has 0 aliphatic heterocycles. The van der Waals surface area contributed by atoms with Gasteiger partial charge in [0.25, 0.3) is 5.95 Å². The van der Waals surface area contributed by atoms with E-state index in [0.717, 1.165) is 43.4 Å². The quantitative estimate of drug-likeness (QED) is 0.108. The Morgan fingerprint density at radius 2 is 1.64 bits per heavy atom. The summed E-state index contributed by atoms with van der Waals surface area (Å²) >= 11 is 0. The minimum Gasteiger partial charge on any atom is -0.480 e. The van der Waals surface area contributed by atoms with E-state index in [0.29, 0.717) is 61.4 Å². The fraction of sp³-hybridized carbons (Fsp3) is 0.529. The number of carbonyl (C=O) groups excluding carboxylic acids is 2. The lowest BCUT2D eigenvalue weighted by Crippen LogP contribution is -2.36. The molecule has 0 saturated heterocycles. The number of alkyl halides is 3. The highest BCUT2D eigenvalue weighted by molar-refractivity contribution is 5.84. The number of hydrogen-bond acceptors (Lipinski definition) is 7. The first-order valence-corrected chi connectivity index (χ1v) is 15.5. The van der Waals surface area contributed by atoms with Gasteiger partial charge >= 0.3 is 6.18 Å². The first-order chi connectivity index (χ1) is 21.3. The van der Waals surface area contributed by atoms with Crippen molar-refractivity contribution >= 4 is 18.1 Å². The summed E-state index contributed by atoms with van der Waals surface area (Å²) in [6.45, 7) is 10.5. The smallest absolute Gasteiger partial charge is 0.416 e. The summed E-state index contributed by atoms with van der Waals surface area (Å²) in [5.41, 5.74) is 0.0162. The second-order valence-corrected chi connectivity index (χ2v) is 12.3. The Labute approximate surface area is 263 Å². The normalized spacial score (nSPS) is 12.6. The highest BCUT2D eigenvalue weighted by Gasteiger charge is 2.30. The molecule has 45 heavy (non-hydrogen) atoms. The van der Waals surface area contributed by atoms with E-state index >= 15 is 0 Å². The predicted molar refractivity (Wildman–Crippen MR) is 167 cm³/mol. The largest absolute Gasteiger partial charge is 0.480 e. The maximum absolute atomic E-state index is 13.2. The van der Waals surface area contributed by atoms with E-state index in [1.54, 1.807) is 13.8 Å². The van der Waals surface area contributed by atoms with Crippen molar-refractivity contribution in [3.05, 3.63) is 71.1 Å². The molecule has 11 heteroatoms. The summed E-state index contributed by atoms with van der Waals surface area (Å²) < 4.78 is 51.1. The van der Waals surface area contributed by atoms with Crippen LogP contribution < -0.4 is 15.0 Å². The van der Waals surface area contributed by atoms with Crippen molar-refractivity contribution in [2.24, 2.45) is 5.92 Å². The van der Waals surface area contributed by atoms with Crippen molar-refractivity contribution in [2.75, 3.05) is 18.0 Å². The van der Waals surface area contributed by atoms with Gasteiger partial charge in [-0.05, 0) is 86.5 Å². The zero-order chi connectivity index (χ0) is 33.0. The van der Waals surface area contributed by atoms with Gasteiger partial charge in [-0.3, -0.25) is 9.59 Å². The molecule has 0 bridgehead atoms. The topological polar surface area (TPSA) is 97.6 Å². The van der Waals surface area contributed by atoms with Crippen LogP contribution in [0.25, 0.3) is 0 Å². The third-order valence-electron chi connectivity index (χ3n) is 7.84. The summed E-state index contributed by atoms with van der Waals surface area (Å²) in [7, 11) is 0. The highest BCUT2D eigenvalue weighted by atomic mass is 19.4. The molecule has 0 radical (unpaired) electrons. The van der Waals surface area contributed by atoms with Crippen LogP contribution in [-0.2, 0) is 28.7 Å². The molecule has 0 fully saturated rings. The van der Waals surface area contributed by atoms with E-state index in [1.165, 1.54) is 19.1 Å².